The number of benzene rings is 1. The fraction of sp³-hybridized carbons (Fsp3) is 0.312. The van der Waals surface area contributed by atoms with Crippen molar-refractivity contribution in [2.75, 3.05) is 25.6 Å². The van der Waals surface area contributed by atoms with Gasteiger partial charge in [0.1, 0.15) is 5.75 Å². The van der Waals surface area contributed by atoms with Crippen LogP contribution in [-0.4, -0.2) is 35.3 Å². The van der Waals surface area contributed by atoms with Crippen LogP contribution in [0.4, 0.5) is 19.1 Å². The van der Waals surface area contributed by atoms with Gasteiger partial charge in [0.15, 0.2) is 10.8 Å². The summed E-state index contributed by atoms with van der Waals surface area (Å²) in [4.78, 5) is 7.38. The Kier molecular flexibility index (Phi) is 7.10. The van der Waals surface area contributed by atoms with Crippen molar-refractivity contribution in [2.45, 2.75) is 12.6 Å². The summed E-state index contributed by atoms with van der Waals surface area (Å²) in [6.45, 7) is 1.02. The predicted octanol–water partition coefficient (Wildman–Crippen LogP) is 3.61. The molecule has 0 fully saturated rings. The van der Waals surface area contributed by atoms with Gasteiger partial charge in [-0.25, -0.2) is 4.98 Å². The van der Waals surface area contributed by atoms with Gasteiger partial charge in [0.2, 0.25) is 11.8 Å². The summed E-state index contributed by atoms with van der Waals surface area (Å²) < 4.78 is 49.5. The van der Waals surface area contributed by atoms with Crippen molar-refractivity contribution in [3.05, 3.63) is 42.1 Å². The van der Waals surface area contributed by atoms with E-state index in [9.17, 15) is 13.2 Å². The van der Waals surface area contributed by atoms with Crippen molar-refractivity contribution in [1.29, 1.82) is 0 Å². The summed E-state index contributed by atoms with van der Waals surface area (Å²) in [7, 11) is 1.57. The minimum Gasteiger partial charge on any atom is -0.439 e. The van der Waals surface area contributed by atoms with Crippen molar-refractivity contribution in [1.82, 2.24) is 15.3 Å². The number of hydrogen-bond acceptors (Lipinski definition) is 5. The van der Waals surface area contributed by atoms with Crippen molar-refractivity contribution < 1.29 is 22.6 Å². The maximum atomic E-state index is 13.1. The zero-order valence-electron chi connectivity index (χ0n) is 13.8. The Morgan fingerprint density at radius 3 is 2.58 bits per heavy atom. The summed E-state index contributed by atoms with van der Waals surface area (Å²) in [6.07, 6.45) is -3.97. The Morgan fingerprint density at radius 2 is 1.92 bits per heavy atom. The van der Waals surface area contributed by atoms with Gasteiger partial charge < -0.3 is 20.1 Å². The second-order valence-corrected chi connectivity index (χ2v) is 5.46. The molecule has 2 N–H and O–H groups in total. The monoisotopic (exact) mass is 386 g/mol. The van der Waals surface area contributed by atoms with E-state index in [4.69, 9.17) is 21.7 Å². The molecule has 0 bridgehead atoms. The molecule has 140 valence electrons. The van der Waals surface area contributed by atoms with Gasteiger partial charge in [0.25, 0.3) is 0 Å². The van der Waals surface area contributed by atoms with Crippen molar-refractivity contribution >= 4 is 23.3 Å². The topological polar surface area (TPSA) is 68.3 Å². The molecule has 2 aromatic rings. The quantitative estimate of drug-likeness (QED) is 0.557. The van der Waals surface area contributed by atoms with E-state index in [1.165, 1.54) is 0 Å². The van der Waals surface area contributed by atoms with Crippen molar-refractivity contribution in [3.8, 4) is 11.6 Å². The summed E-state index contributed by atoms with van der Waals surface area (Å²) in [6, 6.07) is 9.08. The SMILES string of the molecule is COCCCNC(=S)Nc1nc(Oc2ccccc2)cc(C(F)(F)F)n1. The van der Waals surface area contributed by atoms with Gasteiger partial charge >= 0.3 is 6.18 Å². The lowest BCUT2D eigenvalue weighted by Crippen LogP contribution is -2.30. The van der Waals surface area contributed by atoms with E-state index in [1.54, 1.807) is 37.4 Å². The average molecular weight is 386 g/mol. The normalized spacial score (nSPS) is 11.1. The minimum atomic E-state index is -4.65. The smallest absolute Gasteiger partial charge is 0.433 e. The van der Waals surface area contributed by atoms with E-state index in [-0.39, 0.29) is 16.9 Å². The van der Waals surface area contributed by atoms with Crippen LogP contribution in [0.15, 0.2) is 36.4 Å². The molecule has 6 nitrogen and oxygen atoms in total. The molecule has 1 aromatic carbocycles. The summed E-state index contributed by atoms with van der Waals surface area (Å²) in [5.41, 5.74) is -1.14. The van der Waals surface area contributed by atoms with Crippen molar-refractivity contribution in [3.63, 3.8) is 0 Å². The number of halogens is 3. The molecule has 0 amide bonds. The number of anilines is 1. The van der Waals surface area contributed by atoms with Crippen molar-refractivity contribution in [2.24, 2.45) is 0 Å². The lowest BCUT2D eigenvalue weighted by molar-refractivity contribution is -0.141. The molecule has 0 aliphatic rings. The van der Waals surface area contributed by atoms with Gasteiger partial charge in [0.05, 0.1) is 0 Å². The molecule has 2 rings (SSSR count). The van der Waals surface area contributed by atoms with Crippen LogP contribution < -0.4 is 15.4 Å². The molecule has 26 heavy (non-hydrogen) atoms. The summed E-state index contributed by atoms with van der Waals surface area (Å²) in [5.74, 6) is -0.205. The first-order chi connectivity index (χ1) is 12.4. The Hall–Kier alpha value is -2.46. The average Bonchev–Trinajstić information content (AvgIpc) is 2.59. The highest BCUT2D eigenvalue weighted by Crippen LogP contribution is 2.31. The highest BCUT2D eigenvalue weighted by Gasteiger charge is 2.34. The van der Waals surface area contributed by atoms with E-state index in [2.05, 4.69) is 20.6 Å². The number of aromatic nitrogens is 2. The molecular weight excluding hydrogens is 369 g/mol. The van der Waals surface area contributed by atoms with Gasteiger partial charge in [-0.15, -0.1) is 0 Å². The Balaban J connectivity index is 2.14. The highest BCUT2D eigenvalue weighted by atomic mass is 32.1. The zero-order chi connectivity index (χ0) is 19.0. The van der Waals surface area contributed by atoms with E-state index < -0.39 is 11.9 Å². The number of hydrogen-bond donors (Lipinski definition) is 2. The van der Waals surface area contributed by atoms with Crippen LogP contribution in [0.2, 0.25) is 0 Å². The third-order valence-electron chi connectivity index (χ3n) is 2.99. The van der Waals surface area contributed by atoms with Gasteiger partial charge in [0, 0.05) is 26.3 Å². The molecule has 0 radical (unpaired) electrons. The van der Waals surface area contributed by atoms with Crippen LogP contribution in [0.3, 0.4) is 0 Å². The fourth-order valence-corrected chi connectivity index (χ4v) is 2.05. The zero-order valence-corrected chi connectivity index (χ0v) is 14.7. The molecule has 0 spiro atoms. The van der Waals surface area contributed by atoms with Gasteiger partial charge in [-0.1, -0.05) is 18.2 Å². The Labute approximate surface area is 153 Å². The maximum absolute atomic E-state index is 13.1. The van der Waals surface area contributed by atoms with Crippen LogP contribution in [0, 0.1) is 0 Å². The fourth-order valence-electron chi connectivity index (χ4n) is 1.85. The molecule has 10 heteroatoms. The molecule has 0 aliphatic carbocycles. The molecular formula is C16H17F3N4O2S. The molecule has 1 heterocycles. The molecule has 0 atom stereocenters. The number of para-hydroxylation sites is 1. The highest BCUT2D eigenvalue weighted by molar-refractivity contribution is 7.80. The van der Waals surface area contributed by atoms with Crippen LogP contribution in [0.1, 0.15) is 12.1 Å². The minimum absolute atomic E-state index is 0.103. The van der Waals surface area contributed by atoms with Crippen LogP contribution >= 0.6 is 12.2 Å². The molecule has 0 aliphatic heterocycles. The van der Waals surface area contributed by atoms with E-state index in [1.807, 2.05) is 0 Å². The van der Waals surface area contributed by atoms with E-state index >= 15 is 0 Å². The summed E-state index contributed by atoms with van der Waals surface area (Å²) >= 11 is 5.03. The third kappa shape index (κ3) is 6.45. The maximum Gasteiger partial charge on any atom is 0.433 e. The molecule has 0 saturated carbocycles. The first kappa shape index (κ1) is 19.9. The first-order valence-corrected chi connectivity index (χ1v) is 8.02. The number of thiocarbonyl (C=S) groups is 1. The van der Waals surface area contributed by atoms with E-state index in [0.717, 1.165) is 6.07 Å². The van der Waals surface area contributed by atoms with Crippen LogP contribution in [0.25, 0.3) is 0 Å². The number of rotatable bonds is 7. The Bertz CT molecular complexity index is 729. The number of ether oxygens (including phenoxy) is 2. The number of nitrogens with one attached hydrogen (secondary N) is 2. The second kappa shape index (κ2) is 9.30. The van der Waals surface area contributed by atoms with E-state index in [0.29, 0.717) is 25.3 Å². The lowest BCUT2D eigenvalue weighted by Gasteiger charge is -2.13. The summed E-state index contributed by atoms with van der Waals surface area (Å²) in [5, 5.41) is 5.47. The molecule has 1 aromatic heterocycles. The largest absolute Gasteiger partial charge is 0.439 e. The van der Waals surface area contributed by atoms with Gasteiger partial charge in [-0.2, -0.15) is 18.2 Å². The van der Waals surface area contributed by atoms with Gasteiger partial charge in [-0.3, -0.25) is 0 Å². The number of methoxy groups -OCH3 is 1. The van der Waals surface area contributed by atoms with Gasteiger partial charge in [-0.05, 0) is 30.8 Å². The Morgan fingerprint density at radius 1 is 1.19 bits per heavy atom. The molecule has 0 unspecified atom stereocenters. The predicted molar refractivity (Wildman–Crippen MR) is 94.3 cm³/mol. The third-order valence-corrected chi connectivity index (χ3v) is 3.24. The molecule has 0 saturated heterocycles. The first-order valence-electron chi connectivity index (χ1n) is 7.61. The lowest BCUT2D eigenvalue weighted by atomic mass is 10.3. The standard InChI is InChI=1S/C16H17F3N4O2S/c1-24-9-5-8-20-15(26)23-14-21-12(16(17,18)19)10-13(22-14)25-11-6-3-2-4-7-11/h2-4,6-7,10H,5,8-9H2,1H3,(H2,20,21,22,23,26). The number of alkyl halides is 3. The van der Waals surface area contributed by atoms with Crippen LogP contribution in [0.5, 0.6) is 11.6 Å². The second-order valence-electron chi connectivity index (χ2n) is 5.06. The van der Waals surface area contributed by atoms with Crippen LogP contribution in [-0.2, 0) is 10.9 Å². The number of nitrogens with zero attached hydrogens (tertiary/aromatic N) is 2.